The van der Waals surface area contributed by atoms with Crippen LogP contribution in [0, 0.1) is 10.1 Å². The summed E-state index contributed by atoms with van der Waals surface area (Å²) < 4.78 is 5.34. The van der Waals surface area contributed by atoms with Gasteiger partial charge in [-0.3, -0.25) is 10.1 Å². The Kier molecular flexibility index (Phi) is 6.03. The molecule has 0 heterocycles. The smallest absolute Gasteiger partial charge is 0.269 e. The lowest BCUT2D eigenvalue weighted by Gasteiger charge is -2.06. The van der Waals surface area contributed by atoms with Crippen molar-refractivity contribution in [3.05, 3.63) is 34.4 Å². The lowest BCUT2D eigenvalue weighted by Crippen LogP contribution is -2.06. The molecule has 0 saturated carbocycles. The van der Waals surface area contributed by atoms with Crippen molar-refractivity contribution in [2.75, 3.05) is 25.1 Å². The molecule has 0 bridgehead atoms. The number of benzene rings is 1. The first kappa shape index (κ1) is 13.4. The van der Waals surface area contributed by atoms with E-state index in [9.17, 15) is 10.1 Å². The average Bonchev–Trinajstić information content (AvgIpc) is 2.34. The summed E-state index contributed by atoms with van der Waals surface area (Å²) in [5.41, 5.74) is 1.01. The zero-order chi connectivity index (χ0) is 12.5. The third-order valence-electron chi connectivity index (χ3n) is 2.22. The van der Waals surface area contributed by atoms with Crippen LogP contribution in [0.5, 0.6) is 0 Å². The predicted octanol–water partition coefficient (Wildman–Crippen LogP) is 2.82. The summed E-state index contributed by atoms with van der Waals surface area (Å²) in [6.45, 7) is 4.43. The summed E-state index contributed by atoms with van der Waals surface area (Å²) in [5, 5.41) is 13.6. The number of nitro benzene ring substituents is 1. The normalized spacial score (nSPS) is 10.2. The standard InChI is InChI=1S/C12H18N2O3/c1-2-9-17-10-3-8-13-11-4-6-12(7-5-11)14(15)16/h4-7,13H,2-3,8-10H2,1H3. The first-order chi connectivity index (χ1) is 8.24. The van der Waals surface area contributed by atoms with Crippen LogP contribution in [0.4, 0.5) is 11.4 Å². The Hall–Kier alpha value is -1.62. The number of hydrogen-bond acceptors (Lipinski definition) is 4. The van der Waals surface area contributed by atoms with Crippen molar-refractivity contribution in [1.29, 1.82) is 0 Å². The second-order valence-electron chi connectivity index (χ2n) is 3.70. The minimum Gasteiger partial charge on any atom is -0.385 e. The highest BCUT2D eigenvalue weighted by atomic mass is 16.6. The molecule has 1 aromatic rings. The van der Waals surface area contributed by atoms with E-state index in [2.05, 4.69) is 12.2 Å². The molecule has 0 unspecified atom stereocenters. The third kappa shape index (κ3) is 5.31. The molecule has 1 rings (SSSR count). The Morgan fingerprint density at radius 3 is 2.59 bits per heavy atom. The lowest BCUT2D eigenvalue weighted by atomic mass is 10.3. The van der Waals surface area contributed by atoms with E-state index in [1.807, 2.05) is 0 Å². The topological polar surface area (TPSA) is 64.4 Å². The van der Waals surface area contributed by atoms with Crippen LogP contribution in [0.15, 0.2) is 24.3 Å². The van der Waals surface area contributed by atoms with Gasteiger partial charge in [0.1, 0.15) is 0 Å². The van der Waals surface area contributed by atoms with Crippen LogP contribution >= 0.6 is 0 Å². The maximum atomic E-state index is 10.4. The number of nitrogens with one attached hydrogen (secondary N) is 1. The monoisotopic (exact) mass is 238 g/mol. The molecule has 0 atom stereocenters. The summed E-state index contributed by atoms with van der Waals surface area (Å²) >= 11 is 0. The van der Waals surface area contributed by atoms with Crippen molar-refractivity contribution < 1.29 is 9.66 Å². The third-order valence-corrected chi connectivity index (χ3v) is 2.22. The van der Waals surface area contributed by atoms with Gasteiger partial charge in [0.25, 0.3) is 5.69 Å². The van der Waals surface area contributed by atoms with Crippen molar-refractivity contribution >= 4 is 11.4 Å². The van der Waals surface area contributed by atoms with Crippen LogP contribution < -0.4 is 5.32 Å². The van der Waals surface area contributed by atoms with E-state index < -0.39 is 4.92 Å². The predicted molar refractivity (Wildman–Crippen MR) is 67.3 cm³/mol. The zero-order valence-corrected chi connectivity index (χ0v) is 10.0. The van der Waals surface area contributed by atoms with Gasteiger partial charge in [0.05, 0.1) is 4.92 Å². The Bertz CT molecular complexity index is 338. The summed E-state index contributed by atoms with van der Waals surface area (Å²) in [5.74, 6) is 0. The molecule has 0 aromatic heterocycles. The van der Waals surface area contributed by atoms with Gasteiger partial charge in [-0.25, -0.2) is 0 Å². The number of anilines is 1. The maximum Gasteiger partial charge on any atom is 0.269 e. The molecule has 0 fully saturated rings. The molecule has 94 valence electrons. The maximum absolute atomic E-state index is 10.4. The van der Waals surface area contributed by atoms with Gasteiger partial charge in [0, 0.05) is 37.6 Å². The molecule has 5 heteroatoms. The van der Waals surface area contributed by atoms with E-state index in [1.54, 1.807) is 12.1 Å². The Morgan fingerprint density at radius 2 is 2.00 bits per heavy atom. The van der Waals surface area contributed by atoms with Crippen molar-refractivity contribution in [2.24, 2.45) is 0 Å². The van der Waals surface area contributed by atoms with Crippen molar-refractivity contribution in [3.63, 3.8) is 0 Å². The molecule has 5 nitrogen and oxygen atoms in total. The Balaban J connectivity index is 2.21. The van der Waals surface area contributed by atoms with Crippen LogP contribution in [0.25, 0.3) is 0 Å². The Morgan fingerprint density at radius 1 is 1.29 bits per heavy atom. The highest BCUT2D eigenvalue weighted by Crippen LogP contribution is 2.15. The second kappa shape index (κ2) is 7.62. The van der Waals surface area contributed by atoms with Gasteiger partial charge in [0.15, 0.2) is 0 Å². The first-order valence-corrected chi connectivity index (χ1v) is 5.80. The summed E-state index contributed by atoms with van der Waals surface area (Å²) in [6, 6.07) is 6.42. The summed E-state index contributed by atoms with van der Waals surface area (Å²) in [7, 11) is 0. The molecule has 1 aromatic carbocycles. The molecule has 0 aliphatic rings. The minimum atomic E-state index is -0.400. The first-order valence-electron chi connectivity index (χ1n) is 5.80. The number of non-ortho nitro benzene ring substituents is 1. The highest BCUT2D eigenvalue weighted by molar-refractivity contribution is 5.48. The van der Waals surface area contributed by atoms with E-state index in [0.29, 0.717) is 0 Å². The molecule has 0 aliphatic carbocycles. The molecule has 17 heavy (non-hydrogen) atoms. The number of rotatable bonds is 8. The average molecular weight is 238 g/mol. The van der Waals surface area contributed by atoms with Crippen molar-refractivity contribution in [3.8, 4) is 0 Å². The van der Waals surface area contributed by atoms with Gasteiger partial charge < -0.3 is 10.1 Å². The number of nitro groups is 1. The number of hydrogen-bond donors (Lipinski definition) is 1. The zero-order valence-electron chi connectivity index (χ0n) is 10.0. The molecule has 0 aliphatic heterocycles. The molecule has 0 radical (unpaired) electrons. The van der Waals surface area contributed by atoms with Gasteiger partial charge >= 0.3 is 0 Å². The van der Waals surface area contributed by atoms with Crippen LogP contribution in [0.2, 0.25) is 0 Å². The summed E-state index contributed by atoms with van der Waals surface area (Å²) in [6.07, 6.45) is 1.97. The van der Waals surface area contributed by atoms with Crippen LogP contribution in [0.3, 0.4) is 0 Å². The van der Waals surface area contributed by atoms with Gasteiger partial charge in [-0.2, -0.15) is 0 Å². The molecule has 0 amide bonds. The largest absolute Gasteiger partial charge is 0.385 e. The van der Waals surface area contributed by atoms with Crippen molar-refractivity contribution in [1.82, 2.24) is 0 Å². The van der Waals surface area contributed by atoms with Gasteiger partial charge in [0.2, 0.25) is 0 Å². The van der Waals surface area contributed by atoms with Crippen LogP contribution in [-0.2, 0) is 4.74 Å². The van der Waals surface area contributed by atoms with E-state index in [1.165, 1.54) is 12.1 Å². The Labute approximate surface area is 101 Å². The molecule has 0 saturated heterocycles. The van der Waals surface area contributed by atoms with Gasteiger partial charge in [-0.05, 0) is 25.0 Å². The van der Waals surface area contributed by atoms with Crippen LogP contribution in [0.1, 0.15) is 19.8 Å². The highest BCUT2D eigenvalue weighted by Gasteiger charge is 2.02. The van der Waals surface area contributed by atoms with E-state index in [-0.39, 0.29) is 5.69 Å². The molecular weight excluding hydrogens is 220 g/mol. The summed E-state index contributed by atoms with van der Waals surface area (Å²) in [4.78, 5) is 10.0. The minimum absolute atomic E-state index is 0.113. The lowest BCUT2D eigenvalue weighted by molar-refractivity contribution is -0.384. The SMILES string of the molecule is CCCOCCCNc1ccc([N+](=O)[O-])cc1. The fourth-order valence-corrected chi connectivity index (χ4v) is 1.35. The number of nitrogens with zero attached hydrogens (tertiary/aromatic N) is 1. The van der Waals surface area contributed by atoms with Crippen LogP contribution in [-0.4, -0.2) is 24.7 Å². The van der Waals surface area contributed by atoms with E-state index in [4.69, 9.17) is 4.74 Å². The molecule has 1 N–H and O–H groups in total. The molecular formula is C12H18N2O3. The number of ether oxygens (including phenoxy) is 1. The quantitative estimate of drug-likeness (QED) is 0.429. The van der Waals surface area contributed by atoms with Gasteiger partial charge in [-0.1, -0.05) is 6.92 Å². The second-order valence-corrected chi connectivity index (χ2v) is 3.70. The molecule has 0 spiro atoms. The van der Waals surface area contributed by atoms with Crippen molar-refractivity contribution in [2.45, 2.75) is 19.8 Å². The van der Waals surface area contributed by atoms with E-state index >= 15 is 0 Å². The van der Waals surface area contributed by atoms with Gasteiger partial charge in [-0.15, -0.1) is 0 Å². The fourth-order valence-electron chi connectivity index (χ4n) is 1.35. The van der Waals surface area contributed by atoms with E-state index in [0.717, 1.165) is 38.3 Å². The fraction of sp³-hybridized carbons (Fsp3) is 0.500.